The molecule has 0 atom stereocenters. The maximum absolute atomic E-state index is 5.97. The van der Waals surface area contributed by atoms with Gasteiger partial charge in [0.2, 0.25) is 5.88 Å². The molecule has 0 saturated heterocycles. The number of thiophene rings is 1. The Labute approximate surface area is 122 Å². The van der Waals surface area contributed by atoms with Crippen LogP contribution in [0.3, 0.4) is 0 Å². The predicted molar refractivity (Wildman–Crippen MR) is 83.9 cm³/mol. The van der Waals surface area contributed by atoms with E-state index in [0.717, 1.165) is 21.7 Å². The molecule has 0 radical (unpaired) electrons. The number of nitrogens with zero attached hydrogens (tertiary/aromatic N) is 1. The summed E-state index contributed by atoms with van der Waals surface area (Å²) in [5.74, 6) is 0.368. The zero-order chi connectivity index (χ0) is 14.3. The second-order valence-electron chi connectivity index (χ2n) is 4.99. The highest BCUT2D eigenvalue weighted by molar-refractivity contribution is 7.15. The Hall–Kier alpha value is -2.07. The van der Waals surface area contributed by atoms with Crippen molar-refractivity contribution in [2.24, 2.45) is 0 Å². The number of anilines is 1. The molecule has 0 spiro atoms. The summed E-state index contributed by atoms with van der Waals surface area (Å²) in [5, 5.41) is 4.15. The van der Waals surface area contributed by atoms with E-state index >= 15 is 0 Å². The summed E-state index contributed by atoms with van der Waals surface area (Å²) in [4.78, 5) is 2.38. The number of nitrogen functional groups attached to an aromatic ring is 1. The minimum atomic E-state index is 0.368. The molecule has 0 bridgehead atoms. The molecule has 2 N–H and O–H groups in total. The van der Waals surface area contributed by atoms with Gasteiger partial charge in [-0.3, -0.25) is 0 Å². The van der Waals surface area contributed by atoms with Crippen LogP contribution in [0, 0.1) is 20.8 Å². The van der Waals surface area contributed by atoms with Crippen molar-refractivity contribution in [3.8, 4) is 21.7 Å². The third kappa shape index (κ3) is 2.12. The number of aromatic nitrogens is 1. The van der Waals surface area contributed by atoms with E-state index in [9.17, 15) is 0 Å². The molecule has 0 amide bonds. The van der Waals surface area contributed by atoms with Gasteiger partial charge in [0.1, 0.15) is 5.69 Å². The molecule has 0 saturated carbocycles. The third-order valence-corrected chi connectivity index (χ3v) is 4.62. The van der Waals surface area contributed by atoms with Crippen molar-refractivity contribution in [3.63, 3.8) is 0 Å². The molecule has 3 nitrogen and oxygen atoms in total. The molecule has 0 aliphatic heterocycles. The van der Waals surface area contributed by atoms with Crippen LogP contribution < -0.4 is 5.73 Å². The molecular weight excluding hydrogens is 268 g/mol. The minimum absolute atomic E-state index is 0.368. The van der Waals surface area contributed by atoms with Crippen molar-refractivity contribution in [2.75, 3.05) is 5.73 Å². The van der Waals surface area contributed by atoms with Crippen LogP contribution in [-0.2, 0) is 0 Å². The van der Waals surface area contributed by atoms with Gasteiger partial charge in [-0.1, -0.05) is 35.0 Å². The largest absolute Gasteiger partial charge is 0.367 e. The fourth-order valence-electron chi connectivity index (χ4n) is 2.16. The molecule has 20 heavy (non-hydrogen) atoms. The highest BCUT2D eigenvalue weighted by atomic mass is 32.1. The van der Waals surface area contributed by atoms with E-state index in [1.165, 1.54) is 16.0 Å². The van der Waals surface area contributed by atoms with Crippen molar-refractivity contribution in [1.82, 2.24) is 5.16 Å². The lowest BCUT2D eigenvalue weighted by Crippen LogP contribution is -1.87. The van der Waals surface area contributed by atoms with Crippen LogP contribution in [0.4, 0.5) is 5.88 Å². The summed E-state index contributed by atoms with van der Waals surface area (Å²) in [7, 11) is 0. The SMILES string of the molecule is Cc1ccc(-c2c(-c3cc(C)c(C)s3)noc2N)cc1. The van der Waals surface area contributed by atoms with Crippen molar-refractivity contribution in [2.45, 2.75) is 20.8 Å². The Balaban J connectivity index is 2.16. The monoisotopic (exact) mass is 284 g/mol. The Bertz CT molecular complexity index is 734. The zero-order valence-electron chi connectivity index (χ0n) is 11.7. The van der Waals surface area contributed by atoms with E-state index in [1.54, 1.807) is 11.3 Å². The van der Waals surface area contributed by atoms with Gasteiger partial charge in [-0.2, -0.15) is 0 Å². The summed E-state index contributed by atoms with van der Waals surface area (Å²) >= 11 is 1.71. The van der Waals surface area contributed by atoms with Gasteiger partial charge in [0, 0.05) is 4.88 Å². The maximum atomic E-state index is 5.97. The smallest absolute Gasteiger partial charge is 0.230 e. The van der Waals surface area contributed by atoms with Crippen LogP contribution in [0.5, 0.6) is 0 Å². The quantitative estimate of drug-likeness (QED) is 0.749. The van der Waals surface area contributed by atoms with Gasteiger partial charge in [-0.05, 0) is 38.0 Å². The first-order valence-corrected chi connectivity index (χ1v) is 7.27. The second kappa shape index (κ2) is 4.80. The van der Waals surface area contributed by atoms with Gasteiger partial charge in [-0.15, -0.1) is 11.3 Å². The topological polar surface area (TPSA) is 52.0 Å². The predicted octanol–water partition coefficient (Wildman–Crippen LogP) is 4.58. The fourth-order valence-corrected chi connectivity index (χ4v) is 3.18. The number of nitrogens with two attached hydrogens (primary N) is 1. The standard InChI is InChI=1S/C16H16N2OS/c1-9-4-6-12(7-5-9)14-15(18-19-16(14)17)13-8-10(2)11(3)20-13/h4-8H,17H2,1-3H3. The molecule has 0 fully saturated rings. The summed E-state index contributed by atoms with van der Waals surface area (Å²) in [6, 6.07) is 10.4. The second-order valence-corrected chi connectivity index (χ2v) is 6.24. The Morgan fingerprint density at radius 3 is 2.40 bits per heavy atom. The first-order valence-electron chi connectivity index (χ1n) is 6.46. The molecule has 3 aromatic rings. The van der Waals surface area contributed by atoms with Gasteiger partial charge in [0.05, 0.1) is 10.4 Å². The fraction of sp³-hybridized carbons (Fsp3) is 0.188. The van der Waals surface area contributed by atoms with E-state index in [-0.39, 0.29) is 0 Å². The average molecular weight is 284 g/mol. The van der Waals surface area contributed by atoms with Gasteiger partial charge in [0.15, 0.2) is 0 Å². The minimum Gasteiger partial charge on any atom is -0.367 e. The first-order chi connectivity index (χ1) is 9.56. The maximum Gasteiger partial charge on any atom is 0.230 e. The molecule has 0 aliphatic carbocycles. The summed E-state index contributed by atoms with van der Waals surface area (Å²) in [6.45, 7) is 6.27. The zero-order valence-corrected chi connectivity index (χ0v) is 12.5. The van der Waals surface area contributed by atoms with Crippen molar-refractivity contribution >= 4 is 17.2 Å². The molecule has 2 heterocycles. The molecule has 2 aromatic heterocycles. The number of hydrogen-bond donors (Lipinski definition) is 1. The normalized spacial score (nSPS) is 10.9. The Morgan fingerprint density at radius 1 is 1.10 bits per heavy atom. The molecule has 0 unspecified atom stereocenters. The number of rotatable bonds is 2. The van der Waals surface area contributed by atoms with Gasteiger partial charge >= 0.3 is 0 Å². The highest BCUT2D eigenvalue weighted by Gasteiger charge is 2.19. The lowest BCUT2D eigenvalue weighted by Gasteiger charge is -2.01. The number of hydrogen-bond acceptors (Lipinski definition) is 4. The molecule has 3 rings (SSSR count). The van der Waals surface area contributed by atoms with Crippen LogP contribution >= 0.6 is 11.3 Å². The van der Waals surface area contributed by atoms with Crippen LogP contribution in [0.15, 0.2) is 34.9 Å². The lowest BCUT2D eigenvalue weighted by molar-refractivity contribution is 0.439. The van der Waals surface area contributed by atoms with Crippen molar-refractivity contribution in [1.29, 1.82) is 0 Å². The third-order valence-electron chi connectivity index (χ3n) is 3.46. The van der Waals surface area contributed by atoms with Gasteiger partial charge in [0.25, 0.3) is 0 Å². The van der Waals surface area contributed by atoms with Crippen LogP contribution in [0.25, 0.3) is 21.7 Å². The highest BCUT2D eigenvalue weighted by Crippen LogP contribution is 2.39. The molecular formula is C16H16N2OS. The molecule has 4 heteroatoms. The van der Waals surface area contributed by atoms with Crippen molar-refractivity contribution in [3.05, 3.63) is 46.3 Å². The molecule has 102 valence electrons. The lowest BCUT2D eigenvalue weighted by atomic mass is 10.0. The van der Waals surface area contributed by atoms with E-state index < -0.39 is 0 Å². The summed E-state index contributed by atoms with van der Waals surface area (Å²) < 4.78 is 5.22. The first kappa shape index (κ1) is 12.9. The van der Waals surface area contributed by atoms with Gasteiger partial charge in [-0.25, -0.2) is 0 Å². The number of benzene rings is 1. The number of aryl methyl sites for hydroxylation is 3. The summed E-state index contributed by atoms with van der Waals surface area (Å²) in [5.41, 5.74) is 11.2. The van der Waals surface area contributed by atoms with Crippen LogP contribution in [0.1, 0.15) is 16.0 Å². The van der Waals surface area contributed by atoms with E-state index in [4.69, 9.17) is 10.3 Å². The Kier molecular flexibility index (Phi) is 3.10. The van der Waals surface area contributed by atoms with E-state index in [0.29, 0.717) is 5.88 Å². The van der Waals surface area contributed by atoms with Crippen molar-refractivity contribution < 1.29 is 4.52 Å². The van der Waals surface area contributed by atoms with Crippen LogP contribution in [0.2, 0.25) is 0 Å². The van der Waals surface area contributed by atoms with E-state index in [2.05, 4.69) is 56.3 Å². The molecule has 0 aliphatic rings. The van der Waals surface area contributed by atoms with Gasteiger partial charge < -0.3 is 10.3 Å². The van der Waals surface area contributed by atoms with Crippen LogP contribution in [-0.4, -0.2) is 5.16 Å². The summed E-state index contributed by atoms with van der Waals surface area (Å²) in [6.07, 6.45) is 0. The Morgan fingerprint density at radius 2 is 1.80 bits per heavy atom. The van der Waals surface area contributed by atoms with E-state index in [1.807, 2.05) is 0 Å². The molecule has 1 aromatic carbocycles. The average Bonchev–Trinajstić information content (AvgIpc) is 2.95.